The van der Waals surface area contributed by atoms with Gasteiger partial charge in [0.15, 0.2) is 0 Å². The van der Waals surface area contributed by atoms with Gasteiger partial charge in [0.1, 0.15) is 0 Å². The number of hydrogen-bond acceptors (Lipinski definition) is 4. The Morgan fingerprint density at radius 3 is 2.61 bits per heavy atom. The number of aromatic nitrogens is 1. The summed E-state index contributed by atoms with van der Waals surface area (Å²) in [5.41, 5.74) is 1.45. The molecule has 102 valence electrons. The van der Waals surface area contributed by atoms with Crippen molar-refractivity contribution >= 4 is 11.3 Å². The summed E-state index contributed by atoms with van der Waals surface area (Å²) in [5.74, 6) is 0.537. The zero-order valence-corrected chi connectivity index (χ0v) is 12.8. The maximum Gasteiger partial charge on any atom is 0.0981 e. The van der Waals surface area contributed by atoms with Crippen LogP contribution in [0, 0.1) is 0 Å². The number of hydrogen-bond donors (Lipinski definition) is 1. The van der Waals surface area contributed by atoms with Crippen molar-refractivity contribution in [1.29, 1.82) is 0 Å². The van der Waals surface area contributed by atoms with Crippen molar-refractivity contribution in [3.8, 4) is 0 Å². The molecule has 1 aliphatic rings. The molecule has 2 rings (SSSR count). The summed E-state index contributed by atoms with van der Waals surface area (Å²) in [6, 6.07) is 0. The summed E-state index contributed by atoms with van der Waals surface area (Å²) in [6.45, 7) is 14.7. The highest BCUT2D eigenvalue weighted by atomic mass is 32.1. The zero-order valence-electron chi connectivity index (χ0n) is 12.0. The summed E-state index contributed by atoms with van der Waals surface area (Å²) in [6.07, 6.45) is 0. The maximum atomic E-state index is 4.82. The van der Waals surface area contributed by atoms with Gasteiger partial charge in [0.05, 0.1) is 10.7 Å². The molecule has 0 spiro atoms. The van der Waals surface area contributed by atoms with E-state index in [-0.39, 0.29) is 5.41 Å². The molecule has 4 heteroatoms. The molecule has 3 nitrogen and oxygen atoms in total. The Morgan fingerprint density at radius 2 is 2.06 bits per heavy atom. The van der Waals surface area contributed by atoms with Crippen molar-refractivity contribution in [1.82, 2.24) is 15.2 Å². The van der Waals surface area contributed by atoms with Crippen molar-refractivity contribution < 1.29 is 0 Å². The Balaban J connectivity index is 1.96. The van der Waals surface area contributed by atoms with E-state index in [4.69, 9.17) is 4.98 Å². The smallest absolute Gasteiger partial charge is 0.0981 e. The van der Waals surface area contributed by atoms with Crippen LogP contribution in [0.4, 0.5) is 0 Å². The highest BCUT2D eigenvalue weighted by molar-refractivity contribution is 7.09. The second-order valence-corrected chi connectivity index (χ2v) is 7.14. The van der Waals surface area contributed by atoms with Gasteiger partial charge < -0.3 is 10.2 Å². The highest BCUT2D eigenvalue weighted by Gasteiger charge is 2.21. The lowest BCUT2D eigenvalue weighted by Gasteiger charge is -2.29. The van der Waals surface area contributed by atoms with Crippen LogP contribution < -0.4 is 5.32 Å². The van der Waals surface area contributed by atoms with Crippen LogP contribution in [0.3, 0.4) is 0 Å². The van der Waals surface area contributed by atoms with Gasteiger partial charge in [-0.1, -0.05) is 27.7 Å². The van der Waals surface area contributed by atoms with Gasteiger partial charge in [-0.25, -0.2) is 4.98 Å². The third-order valence-electron chi connectivity index (χ3n) is 3.41. The Kier molecular flexibility index (Phi) is 4.41. The topological polar surface area (TPSA) is 28.2 Å². The number of rotatable bonds is 3. The first-order valence-corrected chi connectivity index (χ1v) is 7.74. The second-order valence-electron chi connectivity index (χ2n) is 6.28. The van der Waals surface area contributed by atoms with Gasteiger partial charge in [-0.2, -0.15) is 0 Å². The van der Waals surface area contributed by atoms with Gasteiger partial charge in [0.25, 0.3) is 0 Å². The van der Waals surface area contributed by atoms with E-state index in [0.29, 0.717) is 5.92 Å². The Bertz CT molecular complexity index is 375. The molecule has 0 bridgehead atoms. The van der Waals surface area contributed by atoms with Crippen LogP contribution in [-0.2, 0) is 5.41 Å². The van der Waals surface area contributed by atoms with Crippen LogP contribution in [0.25, 0.3) is 0 Å². The van der Waals surface area contributed by atoms with Crippen LogP contribution in [-0.4, -0.2) is 42.6 Å². The van der Waals surface area contributed by atoms with Gasteiger partial charge in [-0.15, -0.1) is 11.3 Å². The van der Waals surface area contributed by atoms with E-state index in [1.165, 1.54) is 23.8 Å². The molecule has 1 atom stereocenters. The summed E-state index contributed by atoms with van der Waals surface area (Å²) in [5, 5.41) is 6.89. The molecular weight excluding hydrogens is 242 g/mol. The Hall–Kier alpha value is -0.450. The summed E-state index contributed by atoms with van der Waals surface area (Å²) < 4.78 is 0. The molecule has 18 heavy (non-hydrogen) atoms. The van der Waals surface area contributed by atoms with E-state index in [2.05, 4.69) is 43.3 Å². The van der Waals surface area contributed by atoms with E-state index in [1.54, 1.807) is 11.3 Å². The van der Waals surface area contributed by atoms with Crippen molar-refractivity contribution in [2.24, 2.45) is 0 Å². The van der Waals surface area contributed by atoms with Crippen molar-refractivity contribution in [2.75, 3.05) is 32.7 Å². The Morgan fingerprint density at radius 1 is 1.39 bits per heavy atom. The molecular formula is C14H25N3S. The minimum atomic E-state index is 0.178. The fraction of sp³-hybridized carbons (Fsp3) is 0.786. The molecule has 1 aliphatic heterocycles. The minimum absolute atomic E-state index is 0.178. The lowest BCUT2D eigenvalue weighted by atomic mass is 9.98. The average Bonchev–Trinajstić information content (AvgIpc) is 2.79. The molecule has 0 radical (unpaired) electrons. The van der Waals surface area contributed by atoms with Crippen molar-refractivity contribution in [2.45, 2.75) is 39.0 Å². The standard InChI is InChI=1S/C14H25N3S/c1-11(9-17-7-5-15-6-8-17)12-10-18-13(16-12)14(2,3)4/h10-11,15H,5-9H2,1-4H3. The first-order valence-electron chi connectivity index (χ1n) is 6.86. The average molecular weight is 267 g/mol. The van der Waals surface area contributed by atoms with Crippen molar-refractivity contribution in [3.63, 3.8) is 0 Å². The quantitative estimate of drug-likeness (QED) is 0.912. The lowest BCUT2D eigenvalue weighted by Crippen LogP contribution is -2.44. The lowest BCUT2D eigenvalue weighted by molar-refractivity contribution is 0.229. The zero-order chi connectivity index (χ0) is 13.2. The van der Waals surface area contributed by atoms with E-state index in [0.717, 1.165) is 19.6 Å². The molecule has 1 saturated heterocycles. The second kappa shape index (κ2) is 5.68. The summed E-state index contributed by atoms with van der Waals surface area (Å²) >= 11 is 1.80. The molecule has 0 saturated carbocycles. The van der Waals surface area contributed by atoms with E-state index in [9.17, 15) is 0 Å². The molecule has 1 N–H and O–H groups in total. The number of thiazole rings is 1. The third-order valence-corrected chi connectivity index (χ3v) is 4.70. The van der Waals surface area contributed by atoms with Crippen LogP contribution in [0.15, 0.2) is 5.38 Å². The fourth-order valence-corrected chi connectivity index (χ4v) is 3.26. The number of nitrogens with one attached hydrogen (secondary N) is 1. The first kappa shape index (κ1) is 14.0. The van der Waals surface area contributed by atoms with E-state index in [1.807, 2.05) is 0 Å². The minimum Gasteiger partial charge on any atom is -0.314 e. The molecule has 0 aliphatic carbocycles. The molecule has 1 aromatic rings. The largest absolute Gasteiger partial charge is 0.314 e. The molecule has 0 amide bonds. The van der Waals surface area contributed by atoms with Crippen LogP contribution in [0.1, 0.15) is 44.3 Å². The number of piperazine rings is 1. The van der Waals surface area contributed by atoms with E-state index < -0.39 is 0 Å². The van der Waals surface area contributed by atoms with Crippen LogP contribution in [0.2, 0.25) is 0 Å². The van der Waals surface area contributed by atoms with Gasteiger partial charge >= 0.3 is 0 Å². The predicted octanol–water partition coefficient (Wildman–Crippen LogP) is 2.45. The van der Waals surface area contributed by atoms with Gasteiger partial charge in [0, 0.05) is 49.4 Å². The predicted molar refractivity (Wildman–Crippen MR) is 78.5 cm³/mol. The molecule has 1 aromatic heterocycles. The molecule has 1 fully saturated rings. The van der Waals surface area contributed by atoms with Gasteiger partial charge in [-0.05, 0) is 0 Å². The highest BCUT2D eigenvalue weighted by Crippen LogP contribution is 2.28. The summed E-state index contributed by atoms with van der Waals surface area (Å²) in [4.78, 5) is 7.36. The van der Waals surface area contributed by atoms with Gasteiger partial charge in [-0.3, -0.25) is 0 Å². The van der Waals surface area contributed by atoms with Gasteiger partial charge in [0.2, 0.25) is 0 Å². The monoisotopic (exact) mass is 267 g/mol. The van der Waals surface area contributed by atoms with Crippen molar-refractivity contribution in [3.05, 3.63) is 16.1 Å². The Labute approximate surface area is 115 Å². The molecule has 0 aromatic carbocycles. The SMILES string of the molecule is CC(CN1CCNCC1)c1csc(C(C)(C)C)n1. The fourth-order valence-electron chi connectivity index (χ4n) is 2.23. The van der Waals surface area contributed by atoms with E-state index >= 15 is 0 Å². The normalized spacial score (nSPS) is 20.0. The molecule has 2 heterocycles. The third kappa shape index (κ3) is 3.53. The van der Waals surface area contributed by atoms with Crippen LogP contribution >= 0.6 is 11.3 Å². The maximum absolute atomic E-state index is 4.82. The molecule has 1 unspecified atom stereocenters. The number of nitrogens with zero attached hydrogens (tertiary/aromatic N) is 2. The summed E-state index contributed by atoms with van der Waals surface area (Å²) in [7, 11) is 0. The first-order chi connectivity index (χ1) is 8.47. The van der Waals surface area contributed by atoms with Crippen LogP contribution in [0.5, 0.6) is 0 Å².